The van der Waals surface area contributed by atoms with Crippen LogP contribution in [0.4, 0.5) is 10.1 Å². The predicted molar refractivity (Wildman–Crippen MR) is 156 cm³/mol. The molecule has 7 heteroatoms. The first-order chi connectivity index (χ1) is 17.9. The number of halogens is 1. The third kappa shape index (κ3) is 6.91. The van der Waals surface area contributed by atoms with Gasteiger partial charge in [-0.25, -0.2) is 4.39 Å². The van der Waals surface area contributed by atoms with E-state index >= 15 is 4.39 Å². The number of carboxylic acids is 1. The molecule has 3 aromatic carbocycles. The van der Waals surface area contributed by atoms with Crippen molar-refractivity contribution in [3.05, 3.63) is 89.3 Å². The molecular formula is C31H36FNO4S. The summed E-state index contributed by atoms with van der Waals surface area (Å²) in [5.41, 5.74) is 5.97. The van der Waals surface area contributed by atoms with Gasteiger partial charge in [0.1, 0.15) is 5.82 Å². The van der Waals surface area contributed by atoms with Crippen molar-refractivity contribution in [1.29, 1.82) is 0 Å². The molecule has 0 unspecified atom stereocenters. The van der Waals surface area contributed by atoms with Crippen LogP contribution < -0.4 is 4.31 Å². The minimum atomic E-state index is -0.980. The van der Waals surface area contributed by atoms with Gasteiger partial charge in [0.2, 0.25) is 0 Å². The van der Waals surface area contributed by atoms with Gasteiger partial charge in [-0.05, 0) is 68.5 Å². The summed E-state index contributed by atoms with van der Waals surface area (Å²) < 4.78 is 17.1. The Morgan fingerprint density at radius 3 is 2.16 bits per heavy atom. The molecular weight excluding hydrogens is 501 g/mol. The highest BCUT2D eigenvalue weighted by Crippen LogP contribution is 2.50. The van der Waals surface area contributed by atoms with E-state index in [4.69, 9.17) is 5.11 Å². The maximum atomic E-state index is 15.1. The number of fused-ring (bicyclic) bond motifs is 3. The molecule has 2 N–H and O–H groups in total. The van der Waals surface area contributed by atoms with Crippen molar-refractivity contribution >= 4 is 29.9 Å². The zero-order chi connectivity index (χ0) is 28.8. The first-order valence-corrected chi connectivity index (χ1v) is 13.3. The zero-order valence-corrected chi connectivity index (χ0v) is 23.7. The molecule has 0 bridgehead atoms. The first kappa shape index (κ1) is 30.8. The molecule has 0 radical (unpaired) electrons. The number of rotatable bonds is 5. The van der Waals surface area contributed by atoms with Crippen molar-refractivity contribution < 1.29 is 24.2 Å². The number of aldehydes is 1. The number of aryl methyl sites for hydroxylation is 1. The summed E-state index contributed by atoms with van der Waals surface area (Å²) in [6.07, 6.45) is 2.42. The lowest BCUT2D eigenvalue weighted by Crippen LogP contribution is -2.23. The van der Waals surface area contributed by atoms with Crippen LogP contribution in [-0.4, -0.2) is 34.3 Å². The fourth-order valence-electron chi connectivity index (χ4n) is 4.41. The van der Waals surface area contributed by atoms with E-state index in [-0.39, 0.29) is 12.2 Å². The van der Waals surface area contributed by atoms with Crippen LogP contribution in [0.25, 0.3) is 22.3 Å². The molecule has 202 valence electrons. The summed E-state index contributed by atoms with van der Waals surface area (Å²) in [6, 6.07) is 12.5. The molecule has 0 atom stereocenters. The standard InChI is InChI=1S/C25H22FNO3S.C4H10O.C2H4/c1-14-7-9-16(10-8-14)22-18(11-21(29)30)15(2)25-24(19(22)13-28)23-17(12-27(25)31-3)5-4-6-20(23)26;1-4(2,3)5;1-2/h4-10,13H,11-12H2,1-3H3,(H,29,30);5H,1-3H3;1-2H2. The van der Waals surface area contributed by atoms with Crippen molar-refractivity contribution in [2.45, 2.75) is 53.2 Å². The smallest absolute Gasteiger partial charge is 0.307 e. The molecule has 0 aliphatic carbocycles. The highest BCUT2D eigenvalue weighted by molar-refractivity contribution is 7.99. The summed E-state index contributed by atoms with van der Waals surface area (Å²) in [4.78, 5) is 24.3. The summed E-state index contributed by atoms with van der Waals surface area (Å²) in [5, 5.41) is 18.2. The lowest BCUT2D eigenvalue weighted by atomic mass is 9.80. The molecule has 38 heavy (non-hydrogen) atoms. The van der Waals surface area contributed by atoms with Gasteiger partial charge in [0.25, 0.3) is 0 Å². The van der Waals surface area contributed by atoms with Gasteiger partial charge in [0.15, 0.2) is 6.29 Å². The SMILES string of the molecule is C=C.CC(C)(C)O.CSN1Cc2cccc(F)c2-c2c(C=O)c(-c3ccc(C)cc3)c(CC(=O)O)c(C)c21. The Morgan fingerprint density at radius 1 is 1.08 bits per heavy atom. The Balaban J connectivity index is 0.000000651. The number of carbonyl (C=O) groups excluding carboxylic acids is 1. The molecule has 1 aliphatic rings. The molecule has 1 heterocycles. The Hall–Kier alpha value is -3.42. The van der Waals surface area contributed by atoms with Crippen molar-refractivity contribution in [2.24, 2.45) is 0 Å². The topological polar surface area (TPSA) is 77.8 Å². The van der Waals surface area contributed by atoms with Gasteiger partial charge in [-0.2, -0.15) is 0 Å². The van der Waals surface area contributed by atoms with Crippen LogP contribution in [0.3, 0.4) is 0 Å². The van der Waals surface area contributed by atoms with E-state index in [2.05, 4.69) is 13.2 Å². The van der Waals surface area contributed by atoms with Crippen LogP contribution in [0.5, 0.6) is 0 Å². The van der Waals surface area contributed by atoms with Crippen molar-refractivity contribution in [1.82, 2.24) is 0 Å². The highest BCUT2D eigenvalue weighted by Gasteiger charge is 2.33. The minimum absolute atomic E-state index is 0.227. The fraction of sp³-hybridized carbons (Fsp3) is 0.290. The van der Waals surface area contributed by atoms with E-state index in [1.54, 1.807) is 26.8 Å². The van der Waals surface area contributed by atoms with E-state index in [1.807, 2.05) is 54.7 Å². The second-order valence-electron chi connectivity index (χ2n) is 9.83. The summed E-state index contributed by atoms with van der Waals surface area (Å²) in [7, 11) is 0. The number of carboxylic acid groups (broad SMARTS) is 1. The largest absolute Gasteiger partial charge is 0.481 e. The normalized spacial score (nSPS) is 11.7. The summed E-state index contributed by atoms with van der Waals surface area (Å²) >= 11 is 1.47. The molecule has 3 aromatic rings. The number of anilines is 1. The number of hydrogen-bond donors (Lipinski definition) is 2. The van der Waals surface area contributed by atoms with Gasteiger partial charge < -0.3 is 14.5 Å². The Morgan fingerprint density at radius 2 is 1.66 bits per heavy atom. The number of nitrogens with zero attached hydrogens (tertiary/aromatic N) is 1. The number of benzene rings is 3. The number of carbonyl (C=O) groups is 2. The van der Waals surface area contributed by atoms with Crippen LogP contribution in [-0.2, 0) is 17.8 Å². The molecule has 0 spiro atoms. The Kier molecular flexibility index (Phi) is 10.5. The lowest BCUT2D eigenvalue weighted by Gasteiger charge is -2.35. The molecule has 4 rings (SSSR count). The predicted octanol–water partition coefficient (Wildman–Crippen LogP) is 7.39. The van der Waals surface area contributed by atoms with Gasteiger partial charge >= 0.3 is 5.97 Å². The molecule has 0 aromatic heterocycles. The molecule has 5 nitrogen and oxygen atoms in total. The number of aliphatic carboxylic acids is 1. The average molecular weight is 538 g/mol. The Labute approximate surface area is 229 Å². The second kappa shape index (κ2) is 12.9. The summed E-state index contributed by atoms with van der Waals surface area (Å²) in [6.45, 7) is 15.5. The highest BCUT2D eigenvalue weighted by atomic mass is 32.2. The van der Waals surface area contributed by atoms with E-state index in [0.717, 1.165) is 28.5 Å². The van der Waals surface area contributed by atoms with Crippen molar-refractivity contribution in [2.75, 3.05) is 10.6 Å². The zero-order valence-electron chi connectivity index (χ0n) is 22.9. The van der Waals surface area contributed by atoms with Gasteiger partial charge in [0.05, 0.1) is 24.3 Å². The third-order valence-electron chi connectivity index (χ3n) is 5.80. The van der Waals surface area contributed by atoms with Gasteiger partial charge in [0, 0.05) is 22.9 Å². The van der Waals surface area contributed by atoms with E-state index in [0.29, 0.717) is 40.0 Å². The van der Waals surface area contributed by atoms with Crippen LogP contribution in [0.1, 0.15) is 53.4 Å². The van der Waals surface area contributed by atoms with Crippen LogP contribution >= 0.6 is 11.9 Å². The van der Waals surface area contributed by atoms with Crippen molar-refractivity contribution in [3.63, 3.8) is 0 Å². The van der Waals surface area contributed by atoms with E-state index < -0.39 is 11.6 Å². The fourth-order valence-corrected chi connectivity index (χ4v) is 5.09. The second-order valence-corrected chi connectivity index (χ2v) is 10.6. The molecule has 1 aliphatic heterocycles. The molecule has 0 fully saturated rings. The number of aliphatic hydroxyl groups is 1. The van der Waals surface area contributed by atoms with Gasteiger partial charge in [-0.3, -0.25) is 9.59 Å². The van der Waals surface area contributed by atoms with Gasteiger partial charge in [-0.15, -0.1) is 13.2 Å². The maximum absolute atomic E-state index is 15.1. The van der Waals surface area contributed by atoms with Crippen LogP contribution in [0.15, 0.2) is 55.6 Å². The number of hydrogen-bond acceptors (Lipinski definition) is 5. The minimum Gasteiger partial charge on any atom is -0.481 e. The Bertz CT molecular complexity index is 1310. The van der Waals surface area contributed by atoms with Crippen LogP contribution in [0.2, 0.25) is 0 Å². The van der Waals surface area contributed by atoms with E-state index in [9.17, 15) is 14.7 Å². The van der Waals surface area contributed by atoms with Crippen molar-refractivity contribution in [3.8, 4) is 22.3 Å². The van der Waals surface area contributed by atoms with Gasteiger partial charge in [-0.1, -0.05) is 53.9 Å². The maximum Gasteiger partial charge on any atom is 0.307 e. The van der Waals surface area contributed by atoms with E-state index in [1.165, 1.54) is 18.0 Å². The van der Waals surface area contributed by atoms with Crippen LogP contribution in [0, 0.1) is 19.7 Å². The molecule has 0 saturated carbocycles. The third-order valence-corrected chi connectivity index (χ3v) is 6.56. The average Bonchev–Trinajstić information content (AvgIpc) is 2.85. The lowest BCUT2D eigenvalue weighted by molar-refractivity contribution is -0.136. The first-order valence-electron chi connectivity index (χ1n) is 12.1. The quantitative estimate of drug-likeness (QED) is 0.201. The molecule has 0 amide bonds. The molecule has 0 saturated heterocycles. The summed E-state index contributed by atoms with van der Waals surface area (Å²) in [5.74, 6) is -1.37. The monoisotopic (exact) mass is 537 g/mol.